The van der Waals surface area contributed by atoms with Crippen LogP contribution in [0, 0.1) is 0 Å². The summed E-state index contributed by atoms with van der Waals surface area (Å²) in [7, 11) is 1.94. The number of unbranched alkanes of at least 4 members (excludes halogenated alkanes) is 2. The van der Waals surface area contributed by atoms with Crippen LogP contribution >= 0.6 is 0 Å². The van der Waals surface area contributed by atoms with Crippen LogP contribution in [-0.4, -0.2) is 58.3 Å². The van der Waals surface area contributed by atoms with E-state index in [1.54, 1.807) is 36.4 Å². The van der Waals surface area contributed by atoms with Gasteiger partial charge in [-0.1, -0.05) is 91.3 Å². The van der Waals surface area contributed by atoms with Crippen molar-refractivity contribution in [1.82, 2.24) is 10.2 Å². The summed E-state index contributed by atoms with van der Waals surface area (Å²) in [5, 5.41) is 36.3. The first kappa shape index (κ1) is 42.1. The van der Waals surface area contributed by atoms with Gasteiger partial charge in [-0.2, -0.15) is 0 Å². The number of nitrogen functional groups attached to an aromatic ring is 1. The number of aliphatic hydroxyl groups is 2. The second-order valence-corrected chi connectivity index (χ2v) is 15.0. The molecule has 11 nitrogen and oxygen atoms in total. The van der Waals surface area contributed by atoms with Crippen LogP contribution in [0.3, 0.4) is 0 Å². The van der Waals surface area contributed by atoms with Crippen LogP contribution in [0.15, 0.2) is 121 Å². The number of likely N-dealkylation sites (N-methyl/N-ethyl adjacent to an activating group) is 1. The highest BCUT2D eigenvalue weighted by Gasteiger charge is 2.33. The summed E-state index contributed by atoms with van der Waals surface area (Å²) in [6.45, 7) is 1.25. The number of carbonyl (C=O) groups is 2. The minimum Gasteiger partial charge on any atom is -0.508 e. The highest BCUT2D eigenvalue weighted by molar-refractivity contribution is 5.93. The summed E-state index contributed by atoms with van der Waals surface area (Å²) in [5.74, 6) is -0.0110. The van der Waals surface area contributed by atoms with Crippen molar-refractivity contribution in [2.75, 3.05) is 31.2 Å². The van der Waals surface area contributed by atoms with E-state index in [4.69, 9.17) is 15.2 Å². The lowest BCUT2D eigenvalue weighted by atomic mass is 9.98. The van der Waals surface area contributed by atoms with Crippen molar-refractivity contribution >= 4 is 23.2 Å². The lowest BCUT2D eigenvalue weighted by Crippen LogP contribution is -2.39. The number of rotatable bonds is 18. The number of carbonyl (C=O) groups excluding carboxylic acids is 2. The second-order valence-electron chi connectivity index (χ2n) is 15.0. The van der Waals surface area contributed by atoms with Crippen molar-refractivity contribution in [3.63, 3.8) is 0 Å². The Morgan fingerprint density at radius 2 is 1.52 bits per heavy atom. The Balaban J connectivity index is 1.04. The van der Waals surface area contributed by atoms with E-state index in [2.05, 4.69) is 22.8 Å². The van der Waals surface area contributed by atoms with Gasteiger partial charge in [0, 0.05) is 44.5 Å². The van der Waals surface area contributed by atoms with Gasteiger partial charge in [0.15, 0.2) is 6.29 Å². The van der Waals surface area contributed by atoms with Crippen LogP contribution in [0.4, 0.5) is 11.4 Å². The number of nitrogens with zero attached hydrogens (tertiary/aromatic N) is 1. The summed E-state index contributed by atoms with van der Waals surface area (Å²) >= 11 is 0. The first-order chi connectivity index (χ1) is 28.1. The Bertz CT molecular complexity index is 2110. The first-order valence-corrected chi connectivity index (χ1v) is 19.9. The van der Waals surface area contributed by atoms with Crippen LogP contribution in [0.1, 0.15) is 84.8 Å². The smallest absolute Gasteiger partial charge is 0.224 e. The Morgan fingerprint density at radius 1 is 0.793 bits per heavy atom. The molecule has 1 fully saturated rings. The maximum atomic E-state index is 12.7. The van der Waals surface area contributed by atoms with E-state index in [0.29, 0.717) is 68.7 Å². The van der Waals surface area contributed by atoms with Crippen molar-refractivity contribution in [2.24, 2.45) is 0 Å². The molecule has 0 aromatic heterocycles. The number of nitrogens with one attached hydrogen (secondary N) is 2. The number of nitrogens with two attached hydrogens (primary N) is 1. The van der Waals surface area contributed by atoms with Gasteiger partial charge in [0.2, 0.25) is 11.8 Å². The van der Waals surface area contributed by atoms with Gasteiger partial charge in [-0.05, 0) is 89.7 Å². The summed E-state index contributed by atoms with van der Waals surface area (Å²) < 4.78 is 13.2. The largest absolute Gasteiger partial charge is 0.508 e. The minimum absolute atomic E-state index is 0.0323. The number of para-hydroxylation sites is 2. The molecule has 4 atom stereocenters. The van der Waals surface area contributed by atoms with E-state index in [1.807, 2.05) is 84.7 Å². The summed E-state index contributed by atoms with van der Waals surface area (Å²) in [6, 6.07) is 37.8. The van der Waals surface area contributed by atoms with Gasteiger partial charge in [0.05, 0.1) is 36.3 Å². The van der Waals surface area contributed by atoms with Gasteiger partial charge in [-0.15, -0.1) is 0 Å². The predicted octanol–water partition coefficient (Wildman–Crippen LogP) is 7.55. The highest BCUT2D eigenvalue weighted by Crippen LogP contribution is 2.39. The van der Waals surface area contributed by atoms with Crippen LogP contribution in [0.2, 0.25) is 0 Å². The Hall–Kier alpha value is -5.56. The number of anilines is 2. The molecule has 6 rings (SSSR count). The number of phenolic OH excluding ortho intramolecular Hbond substituents is 1. The number of phenols is 1. The van der Waals surface area contributed by atoms with E-state index in [9.17, 15) is 24.9 Å². The molecule has 1 saturated heterocycles. The zero-order chi connectivity index (χ0) is 40.9. The fourth-order valence-corrected chi connectivity index (χ4v) is 7.17. The second kappa shape index (κ2) is 20.7. The van der Waals surface area contributed by atoms with Crippen LogP contribution in [0.5, 0.6) is 5.75 Å². The van der Waals surface area contributed by atoms with Crippen LogP contribution in [0.25, 0.3) is 11.1 Å². The number of ether oxygens (including phenoxy) is 2. The van der Waals surface area contributed by atoms with E-state index < -0.39 is 12.4 Å². The molecular weight excluding hydrogens is 733 g/mol. The zero-order valence-electron chi connectivity index (χ0n) is 32.9. The molecule has 1 heterocycles. The van der Waals surface area contributed by atoms with Crippen LogP contribution in [-0.2, 0) is 32.2 Å². The van der Waals surface area contributed by atoms with Crippen molar-refractivity contribution in [3.05, 3.63) is 149 Å². The molecule has 304 valence electrons. The molecule has 58 heavy (non-hydrogen) atoms. The lowest BCUT2D eigenvalue weighted by molar-refractivity contribution is -0.252. The maximum absolute atomic E-state index is 12.7. The standard InChI is InChI=1S/C47H54N4O7/c1-51(30-43(54)37-13-9-15-39(53)26-37)29-40-27-44(34-22-20-32(31-52)21-23-34)58-47(57-40)38-14-8-12-36(25-38)35-11-7-10-33(24-35)28-49-45(55)18-3-2-4-19-46(56)50-42-17-6-5-16-41(42)48/h5-17,20-26,40,43-44,47,52-54H,2-4,18-19,27-31,48H2,1H3,(H,49,55)(H,50,56). The average Bonchev–Trinajstić information content (AvgIpc) is 3.23. The van der Waals surface area contributed by atoms with Gasteiger partial charge in [0.25, 0.3) is 0 Å². The normalized spacial score (nSPS) is 17.1. The van der Waals surface area contributed by atoms with Crippen LogP contribution < -0.4 is 16.4 Å². The van der Waals surface area contributed by atoms with Gasteiger partial charge in [0.1, 0.15) is 5.75 Å². The zero-order valence-corrected chi connectivity index (χ0v) is 32.9. The molecule has 1 aliphatic heterocycles. The lowest BCUT2D eigenvalue weighted by Gasteiger charge is -2.38. The number of hydrogen-bond acceptors (Lipinski definition) is 9. The number of aromatic hydroxyl groups is 1. The fraction of sp³-hybridized carbons (Fsp3) is 0.319. The molecular formula is C47H54N4O7. The Kier molecular flexibility index (Phi) is 15.0. The molecule has 11 heteroatoms. The molecule has 0 spiro atoms. The van der Waals surface area contributed by atoms with Crippen molar-refractivity contribution < 1.29 is 34.4 Å². The topological polar surface area (TPSA) is 167 Å². The molecule has 0 aliphatic carbocycles. The minimum atomic E-state index is -0.784. The molecule has 5 aromatic rings. The van der Waals surface area contributed by atoms with Gasteiger partial charge in [-0.3, -0.25) is 9.59 Å². The summed E-state index contributed by atoms with van der Waals surface area (Å²) in [4.78, 5) is 27.0. The van der Waals surface area contributed by atoms with Crippen molar-refractivity contribution in [1.29, 1.82) is 0 Å². The number of hydrogen-bond donors (Lipinski definition) is 6. The SMILES string of the molecule is CN(CC1CC(c2ccc(CO)cc2)OC(c2cccc(-c3cccc(CNC(=O)CCCCCC(=O)Nc4ccccc4N)c3)c2)O1)CC(O)c1cccc(O)c1. The molecule has 1 aliphatic rings. The predicted molar refractivity (Wildman–Crippen MR) is 225 cm³/mol. The summed E-state index contributed by atoms with van der Waals surface area (Å²) in [5.41, 5.74) is 13.3. The maximum Gasteiger partial charge on any atom is 0.224 e. The fourth-order valence-electron chi connectivity index (χ4n) is 7.17. The van der Waals surface area contributed by atoms with Crippen molar-refractivity contribution in [3.8, 4) is 16.9 Å². The van der Waals surface area contributed by atoms with E-state index >= 15 is 0 Å². The van der Waals surface area contributed by atoms with Gasteiger partial charge >= 0.3 is 0 Å². The van der Waals surface area contributed by atoms with E-state index in [1.165, 1.54) is 0 Å². The number of amides is 2. The molecule has 7 N–H and O–H groups in total. The molecule has 5 aromatic carbocycles. The van der Waals surface area contributed by atoms with Gasteiger partial charge in [-0.25, -0.2) is 0 Å². The molecule has 0 radical (unpaired) electrons. The molecule has 0 saturated carbocycles. The Labute approximate surface area is 340 Å². The number of benzene rings is 5. The van der Waals surface area contributed by atoms with E-state index in [0.717, 1.165) is 39.8 Å². The Morgan fingerprint density at radius 3 is 2.28 bits per heavy atom. The molecule has 0 bridgehead atoms. The average molecular weight is 787 g/mol. The van der Waals surface area contributed by atoms with E-state index in [-0.39, 0.29) is 36.4 Å². The number of aliphatic hydroxyl groups excluding tert-OH is 2. The molecule has 4 unspecified atom stereocenters. The third kappa shape index (κ3) is 12.2. The quantitative estimate of drug-likeness (QED) is 0.0389. The first-order valence-electron chi connectivity index (χ1n) is 19.9. The highest BCUT2D eigenvalue weighted by atomic mass is 16.7. The van der Waals surface area contributed by atoms with Crippen molar-refractivity contribution in [2.45, 2.75) is 76.3 Å². The molecule has 2 amide bonds. The summed E-state index contributed by atoms with van der Waals surface area (Å²) in [6.07, 6.45) is 1.56. The van der Waals surface area contributed by atoms with Gasteiger partial charge < -0.3 is 46.1 Å². The monoisotopic (exact) mass is 786 g/mol. The third-order valence-electron chi connectivity index (χ3n) is 10.3. The third-order valence-corrected chi connectivity index (χ3v) is 10.3.